The molecule has 0 radical (unpaired) electrons. The first-order chi connectivity index (χ1) is 8.24. The van der Waals surface area contributed by atoms with Crippen LogP contribution in [-0.2, 0) is 4.79 Å². The first kappa shape index (κ1) is 11.8. The molecule has 1 aliphatic carbocycles. The van der Waals surface area contributed by atoms with Gasteiger partial charge < -0.3 is 19.0 Å². The molecular weight excluding hydrogens is 220 g/mol. The topological polar surface area (TPSA) is 44.8 Å². The van der Waals surface area contributed by atoms with Gasteiger partial charge in [0.2, 0.25) is 0 Å². The van der Waals surface area contributed by atoms with Crippen LogP contribution in [0.1, 0.15) is 17.9 Å². The van der Waals surface area contributed by atoms with E-state index in [9.17, 15) is 4.79 Å². The van der Waals surface area contributed by atoms with Crippen LogP contribution in [0.2, 0.25) is 0 Å². The van der Waals surface area contributed by atoms with Crippen molar-refractivity contribution in [1.82, 2.24) is 0 Å². The summed E-state index contributed by atoms with van der Waals surface area (Å²) in [4.78, 5) is 10.8. The van der Waals surface area contributed by atoms with Gasteiger partial charge >= 0.3 is 0 Å². The number of methoxy groups -OCH3 is 3. The zero-order valence-corrected chi connectivity index (χ0v) is 10.2. The van der Waals surface area contributed by atoms with Crippen LogP contribution < -0.4 is 14.2 Å². The molecule has 0 unspecified atom stereocenters. The summed E-state index contributed by atoms with van der Waals surface area (Å²) in [6.45, 7) is 0. The Morgan fingerprint density at radius 1 is 1.18 bits per heavy atom. The summed E-state index contributed by atoms with van der Waals surface area (Å²) in [6.07, 6.45) is 1.87. The lowest BCUT2D eigenvalue weighted by Gasteiger charge is -2.14. The normalized spacial score (nSPS) is 21.8. The molecule has 1 aromatic carbocycles. The Hall–Kier alpha value is -1.71. The van der Waals surface area contributed by atoms with E-state index < -0.39 is 0 Å². The van der Waals surface area contributed by atoms with Gasteiger partial charge in [-0.15, -0.1) is 0 Å². The maximum absolute atomic E-state index is 10.8. The maximum Gasteiger partial charge on any atom is 0.164 e. The molecule has 0 bridgehead atoms. The molecule has 4 nitrogen and oxygen atoms in total. The van der Waals surface area contributed by atoms with Crippen LogP contribution in [0, 0.1) is 5.92 Å². The van der Waals surface area contributed by atoms with Crippen molar-refractivity contribution in [1.29, 1.82) is 0 Å². The minimum absolute atomic E-state index is 0.0979. The molecule has 92 valence electrons. The monoisotopic (exact) mass is 236 g/mol. The van der Waals surface area contributed by atoms with Crippen molar-refractivity contribution in [3.05, 3.63) is 17.7 Å². The lowest BCUT2D eigenvalue weighted by Crippen LogP contribution is -1.98. The summed E-state index contributed by atoms with van der Waals surface area (Å²) in [5, 5.41) is 0. The first-order valence-corrected chi connectivity index (χ1v) is 5.50. The summed E-state index contributed by atoms with van der Waals surface area (Å²) in [5.41, 5.74) is 0.987. The number of rotatable bonds is 5. The van der Waals surface area contributed by atoms with Gasteiger partial charge in [-0.25, -0.2) is 0 Å². The van der Waals surface area contributed by atoms with Gasteiger partial charge in [-0.1, -0.05) is 0 Å². The van der Waals surface area contributed by atoms with Crippen LogP contribution in [-0.4, -0.2) is 27.6 Å². The third kappa shape index (κ3) is 2.07. The highest BCUT2D eigenvalue weighted by molar-refractivity contribution is 5.64. The van der Waals surface area contributed by atoms with Crippen molar-refractivity contribution in [2.24, 2.45) is 5.92 Å². The molecule has 0 spiro atoms. The Morgan fingerprint density at radius 3 is 2.41 bits per heavy atom. The van der Waals surface area contributed by atoms with Gasteiger partial charge in [-0.05, 0) is 18.4 Å². The van der Waals surface area contributed by atoms with E-state index in [4.69, 9.17) is 14.2 Å². The highest BCUT2D eigenvalue weighted by Crippen LogP contribution is 2.52. The molecule has 4 heteroatoms. The maximum atomic E-state index is 10.8. The molecular formula is C13H16O4. The molecule has 0 amide bonds. The Kier molecular flexibility index (Phi) is 3.22. The van der Waals surface area contributed by atoms with E-state index in [1.165, 1.54) is 0 Å². The van der Waals surface area contributed by atoms with Crippen LogP contribution in [0.15, 0.2) is 12.1 Å². The molecule has 1 saturated carbocycles. The minimum atomic E-state index is 0.0979. The van der Waals surface area contributed by atoms with Crippen molar-refractivity contribution in [2.75, 3.05) is 21.3 Å². The van der Waals surface area contributed by atoms with Crippen molar-refractivity contribution >= 4 is 6.29 Å². The highest BCUT2D eigenvalue weighted by atomic mass is 16.5. The van der Waals surface area contributed by atoms with Crippen molar-refractivity contribution < 1.29 is 19.0 Å². The predicted octanol–water partition coefficient (Wildman–Crippen LogP) is 2.01. The minimum Gasteiger partial charge on any atom is -0.497 e. The third-order valence-corrected chi connectivity index (χ3v) is 3.13. The van der Waals surface area contributed by atoms with E-state index in [1.807, 2.05) is 6.07 Å². The number of carbonyl (C=O) groups excluding carboxylic acids is 1. The highest BCUT2D eigenvalue weighted by Gasteiger charge is 2.40. The summed E-state index contributed by atoms with van der Waals surface area (Å²) < 4.78 is 15.9. The first-order valence-electron chi connectivity index (χ1n) is 5.50. The fourth-order valence-corrected chi connectivity index (χ4v) is 2.08. The number of benzene rings is 1. The summed E-state index contributed by atoms with van der Waals surface area (Å²) in [7, 11) is 4.80. The second-order valence-electron chi connectivity index (χ2n) is 4.09. The number of aldehydes is 1. The Balaban J connectivity index is 2.44. The molecule has 0 heterocycles. The van der Waals surface area contributed by atoms with Gasteiger partial charge in [0.25, 0.3) is 0 Å². The van der Waals surface area contributed by atoms with Crippen molar-refractivity contribution in [3.8, 4) is 17.2 Å². The number of ether oxygens (including phenoxy) is 3. The third-order valence-electron chi connectivity index (χ3n) is 3.13. The Bertz CT molecular complexity index is 428. The van der Waals surface area contributed by atoms with Gasteiger partial charge in [0.15, 0.2) is 11.5 Å². The Labute approximate surface area is 100 Å². The van der Waals surface area contributed by atoms with E-state index in [0.29, 0.717) is 17.2 Å². The van der Waals surface area contributed by atoms with E-state index in [0.717, 1.165) is 18.3 Å². The van der Waals surface area contributed by atoms with Crippen LogP contribution in [0.5, 0.6) is 17.2 Å². The summed E-state index contributed by atoms with van der Waals surface area (Å²) >= 11 is 0. The van der Waals surface area contributed by atoms with E-state index in [-0.39, 0.29) is 11.8 Å². The van der Waals surface area contributed by atoms with Crippen LogP contribution in [0.25, 0.3) is 0 Å². The quantitative estimate of drug-likeness (QED) is 0.734. The fraction of sp³-hybridized carbons (Fsp3) is 0.462. The summed E-state index contributed by atoms with van der Waals surface area (Å²) in [5.74, 6) is 2.38. The lowest BCUT2D eigenvalue weighted by atomic mass is 10.1. The number of hydrogen-bond acceptors (Lipinski definition) is 4. The fourth-order valence-electron chi connectivity index (χ4n) is 2.08. The Morgan fingerprint density at radius 2 is 1.94 bits per heavy atom. The number of hydrogen-bond donors (Lipinski definition) is 0. The lowest BCUT2D eigenvalue weighted by molar-refractivity contribution is -0.108. The van der Waals surface area contributed by atoms with E-state index >= 15 is 0 Å². The average Bonchev–Trinajstić information content (AvgIpc) is 3.16. The average molecular weight is 236 g/mol. The second kappa shape index (κ2) is 4.65. The number of carbonyl (C=O) groups is 1. The zero-order valence-electron chi connectivity index (χ0n) is 10.2. The van der Waals surface area contributed by atoms with Gasteiger partial charge in [0.05, 0.1) is 21.3 Å². The molecule has 0 saturated heterocycles. The molecule has 17 heavy (non-hydrogen) atoms. The molecule has 1 fully saturated rings. The van der Waals surface area contributed by atoms with Crippen molar-refractivity contribution in [3.63, 3.8) is 0 Å². The molecule has 0 aromatic heterocycles. The second-order valence-corrected chi connectivity index (χ2v) is 4.09. The van der Waals surface area contributed by atoms with Crippen LogP contribution in [0.3, 0.4) is 0 Å². The molecule has 1 aromatic rings. The van der Waals surface area contributed by atoms with Gasteiger partial charge in [0, 0.05) is 17.5 Å². The van der Waals surface area contributed by atoms with Gasteiger partial charge in [0.1, 0.15) is 12.0 Å². The van der Waals surface area contributed by atoms with E-state index in [2.05, 4.69) is 0 Å². The standard InChI is InChI=1S/C13H16O4/c1-15-9-5-11(10-4-8(10)7-14)13(17-3)12(6-9)16-2/h5-8,10H,4H2,1-3H3/t8-,10-/m0/s1. The SMILES string of the molecule is COc1cc(OC)c(OC)c([C@H]2C[C@H]2C=O)c1. The summed E-state index contributed by atoms with van der Waals surface area (Å²) in [6, 6.07) is 3.69. The van der Waals surface area contributed by atoms with Gasteiger partial charge in [-0.3, -0.25) is 0 Å². The largest absolute Gasteiger partial charge is 0.497 e. The van der Waals surface area contributed by atoms with Crippen LogP contribution in [0.4, 0.5) is 0 Å². The molecule has 0 aliphatic heterocycles. The van der Waals surface area contributed by atoms with Crippen molar-refractivity contribution in [2.45, 2.75) is 12.3 Å². The molecule has 0 N–H and O–H groups in total. The molecule has 2 rings (SSSR count). The van der Waals surface area contributed by atoms with E-state index in [1.54, 1.807) is 27.4 Å². The zero-order chi connectivity index (χ0) is 12.4. The van der Waals surface area contributed by atoms with Gasteiger partial charge in [-0.2, -0.15) is 0 Å². The predicted molar refractivity (Wildman–Crippen MR) is 63.0 cm³/mol. The van der Waals surface area contributed by atoms with Crippen LogP contribution >= 0.6 is 0 Å². The molecule has 1 aliphatic rings. The molecule has 2 atom stereocenters. The smallest absolute Gasteiger partial charge is 0.164 e.